The quantitative estimate of drug-likeness (QED) is 0.746. The van der Waals surface area contributed by atoms with E-state index in [1.807, 2.05) is 6.07 Å². The average molecular weight is 278 g/mol. The number of aromatic nitrogens is 2. The lowest BCUT2D eigenvalue weighted by Gasteiger charge is -2.08. The molecule has 1 heterocycles. The number of carbonyl (C=O) groups is 1. The molecule has 0 saturated heterocycles. The molecule has 7 nitrogen and oxygen atoms in total. The highest BCUT2D eigenvalue weighted by Crippen LogP contribution is 2.22. The Morgan fingerprint density at radius 1 is 1.45 bits per heavy atom. The fourth-order valence-electron chi connectivity index (χ4n) is 1.91. The highest BCUT2D eigenvalue weighted by molar-refractivity contribution is 5.83. The van der Waals surface area contributed by atoms with Crippen LogP contribution < -0.4 is 15.8 Å². The van der Waals surface area contributed by atoms with E-state index in [1.165, 1.54) is 0 Å². The number of nitrogens with one attached hydrogen (secondary N) is 1. The number of nitrogen functional groups attached to an aromatic ring is 1. The number of imidazole rings is 1. The number of ether oxygens (including phenoxy) is 2. The summed E-state index contributed by atoms with van der Waals surface area (Å²) >= 11 is 0. The van der Waals surface area contributed by atoms with Crippen LogP contribution in [0.15, 0.2) is 18.2 Å². The molecule has 0 atom stereocenters. The zero-order chi connectivity index (χ0) is 14.5. The van der Waals surface area contributed by atoms with Crippen LogP contribution in [0.3, 0.4) is 0 Å². The van der Waals surface area contributed by atoms with Crippen molar-refractivity contribution < 1.29 is 14.3 Å². The molecule has 0 aliphatic carbocycles. The molecular formula is C13H18N4O3. The van der Waals surface area contributed by atoms with Crippen molar-refractivity contribution in [2.24, 2.45) is 0 Å². The second-order valence-corrected chi connectivity index (χ2v) is 4.25. The maximum Gasteiger partial charge on any atom is 0.240 e. The first kappa shape index (κ1) is 14.1. The molecule has 2 aromatic rings. The lowest BCUT2D eigenvalue weighted by atomic mass is 10.3. The monoisotopic (exact) mass is 278 g/mol. The summed E-state index contributed by atoms with van der Waals surface area (Å²) in [5.41, 5.74) is 7.35. The summed E-state index contributed by atoms with van der Waals surface area (Å²) in [6.45, 7) is 1.05. The van der Waals surface area contributed by atoms with E-state index in [2.05, 4.69) is 10.3 Å². The number of rotatable bonds is 6. The third-order valence-electron chi connectivity index (χ3n) is 2.92. The second-order valence-electron chi connectivity index (χ2n) is 4.25. The van der Waals surface area contributed by atoms with Crippen LogP contribution in [0.2, 0.25) is 0 Å². The number of methoxy groups -OCH3 is 2. The summed E-state index contributed by atoms with van der Waals surface area (Å²) in [6, 6.07) is 5.42. The molecule has 0 spiro atoms. The van der Waals surface area contributed by atoms with Crippen molar-refractivity contribution in [2.75, 3.05) is 33.1 Å². The van der Waals surface area contributed by atoms with Gasteiger partial charge in [0.15, 0.2) is 0 Å². The molecule has 0 aliphatic heterocycles. The van der Waals surface area contributed by atoms with Gasteiger partial charge in [0.05, 0.1) is 24.8 Å². The predicted octanol–water partition coefficient (Wildman–Crippen LogP) is 0.390. The van der Waals surface area contributed by atoms with Crippen molar-refractivity contribution in [3.05, 3.63) is 18.2 Å². The minimum Gasteiger partial charge on any atom is -0.497 e. The number of anilines is 1. The summed E-state index contributed by atoms with van der Waals surface area (Å²) in [4.78, 5) is 16.1. The molecule has 0 radical (unpaired) electrons. The van der Waals surface area contributed by atoms with Crippen LogP contribution in [0.25, 0.3) is 11.0 Å². The SMILES string of the molecule is COCCNC(=O)Cn1c(N)nc2ccc(OC)cc21. The molecule has 0 unspecified atom stereocenters. The zero-order valence-electron chi connectivity index (χ0n) is 11.5. The molecule has 7 heteroatoms. The maximum atomic E-state index is 11.8. The van der Waals surface area contributed by atoms with Crippen LogP contribution in [0.4, 0.5) is 5.95 Å². The van der Waals surface area contributed by atoms with Gasteiger partial charge in [-0.1, -0.05) is 0 Å². The van der Waals surface area contributed by atoms with E-state index >= 15 is 0 Å². The number of fused-ring (bicyclic) bond motifs is 1. The van der Waals surface area contributed by atoms with Crippen LogP contribution in [-0.2, 0) is 16.1 Å². The Morgan fingerprint density at radius 3 is 2.95 bits per heavy atom. The number of hydrogen-bond donors (Lipinski definition) is 2. The van der Waals surface area contributed by atoms with Crippen LogP contribution in [0.1, 0.15) is 0 Å². The molecule has 1 aromatic carbocycles. The van der Waals surface area contributed by atoms with Gasteiger partial charge in [-0.25, -0.2) is 4.98 Å². The number of carbonyl (C=O) groups excluding carboxylic acids is 1. The fourth-order valence-corrected chi connectivity index (χ4v) is 1.91. The van der Waals surface area contributed by atoms with E-state index in [1.54, 1.807) is 30.9 Å². The van der Waals surface area contributed by atoms with E-state index in [0.717, 1.165) is 11.0 Å². The van der Waals surface area contributed by atoms with Crippen molar-refractivity contribution in [3.8, 4) is 5.75 Å². The Bertz CT molecular complexity index is 609. The van der Waals surface area contributed by atoms with Gasteiger partial charge >= 0.3 is 0 Å². The molecule has 0 bridgehead atoms. The lowest BCUT2D eigenvalue weighted by Crippen LogP contribution is -2.30. The largest absolute Gasteiger partial charge is 0.497 e. The van der Waals surface area contributed by atoms with Crippen molar-refractivity contribution in [1.29, 1.82) is 0 Å². The molecule has 2 rings (SSSR count). The number of nitrogens with two attached hydrogens (primary N) is 1. The predicted molar refractivity (Wildman–Crippen MR) is 75.6 cm³/mol. The Labute approximate surface area is 116 Å². The van der Waals surface area contributed by atoms with Crippen molar-refractivity contribution in [1.82, 2.24) is 14.9 Å². The third kappa shape index (κ3) is 3.00. The van der Waals surface area contributed by atoms with Crippen LogP contribution in [-0.4, -0.2) is 42.8 Å². The van der Waals surface area contributed by atoms with Gasteiger partial charge in [0.2, 0.25) is 11.9 Å². The van der Waals surface area contributed by atoms with Gasteiger partial charge in [0.25, 0.3) is 0 Å². The Kier molecular flexibility index (Phi) is 4.41. The first-order chi connectivity index (χ1) is 9.65. The molecule has 108 valence electrons. The summed E-state index contributed by atoms with van der Waals surface area (Å²) < 4.78 is 11.7. The highest BCUT2D eigenvalue weighted by Gasteiger charge is 2.12. The molecule has 1 amide bonds. The molecular weight excluding hydrogens is 260 g/mol. The molecule has 0 fully saturated rings. The maximum absolute atomic E-state index is 11.8. The molecule has 20 heavy (non-hydrogen) atoms. The molecule has 0 aliphatic rings. The van der Waals surface area contributed by atoms with Gasteiger partial charge in [-0.2, -0.15) is 0 Å². The Hall–Kier alpha value is -2.28. The lowest BCUT2D eigenvalue weighted by molar-refractivity contribution is -0.121. The standard InChI is InChI=1S/C13H18N4O3/c1-19-6-5-15-12(18)8-17-11-7-9(20-2)3-4-10(11)16-13(17)14/h3-4,7H,5-6,8H2,1-2H3,(H2,14,16)(H,15,18). The average Bonchev–Trinajstić information content (AvgIpc) is 2.75. The fraction of sp³-hybridized carbons (Fsp3) is 0.385. The van der Waals surface area contributed by atoms with Gasteiger partial charge in [-0.3, -0.25) is 4.79 Å². The van der Waals surface area contributed by atoms with Crippen molar-refractivity contribution >= 4 is 22.9 Å². The molecule has 0 saturated carbocycles. The Morgan fingerprint density at radius 2 is 2.25 bits per heavy atom. The minimum absolute atomic E-state index is 0.110. The van der Waals surface area contributed by atoms with Crippen LogP contribution in [0, 0.1) is 0 Å². The van der Waals surface area contributed by atoms with E-state index in [4.69, 9.17) is 15.2 Å². The molecule has 1 aromatic heterocycles. The summed E-state index contributed by atoms with van der Waals surface area (Å²) in [6.07, 6.45) is 0. The Balaban J connectivity index is 2.20. The third-order valence-corrected chi connectivity index (χ3v) is 2.92. The smallest absolute Gasteiger partial charge is 0.240 e. The highest BCUT2D eigenvalue weighted by atomic mass is 16.5. The van der Waals surface area contributed by atoms with Gasteiger partial charge < -0.3 is 25.1 Å². The summed E-state index contributed by atoms with van der Waals surface area (Å²) in [5, 5.41) is 2.74. The summed E-state index contributed by atoms with van der Waals surface area (Å²) in [7, 11) is 3.17. The zero-order valence-corrected chi connectivity index (χ0v) is 11.5. The van der Waals surface area contributed by atoms with E-state index in [9.17, 15) is 4.79 Å². The second kappa shape index (κ2) is 6.25. The molecule has 3 N–H and O–H groups in total. The van der Waals surface area contributed by atoms with Crippen molar-refractivity contribution in [2.45, 2.75) is 6.54 Å². The summed E-state index contributed by atoms with van der Waals surface area (Å²) in [5.74, 6) is 0.851. The number of nitrogens with zero attached hydrogens (tertiary/aromatic N) is 2. The number of amides is 1. The van der Waals surface area contributed by atoms with E-state index in [0.29, 0.717) is 24.8 Å². The van der Waals surface area contributed by atoms with Gasteiger partial charge in [-0.15, -0.1) is 0 Å². The van der Waals surface area contributed by atoms with Crippen LogP contribution >= 0.6 is 0 Å². The number of hydrogen-bond acceptors (Lipinski definition) is 5. The van der Waals surface area contributed by atoms with E-state index < -0.39 is 0 Å². The van der Waals surface area contributed by atoms with E-state index in [-0.39, 0.29) is 12.5 Å². The van der Waals surface area contributed by atoms with Gasteiger partial charge in [-0.05, 0) is 12.1 Å². The first-order valence-corrected chi connectivity index (χ1v) is 6.21. The number of benzene rings is 1. The van der Waals surface area contributed by atoms with Gasteiger partial charge in [0.1, 0.15) is 12.3 Å². The minimum atomic E-state index is -0.143. The topological polar surface area (TPSA) is 91.4 Å². The van der Waals surface area contributed by atoms with Crippen molar-refractivity contribution in [3.63, 3.8) is 0 Å². The van der Waals surface area contributed by atoms with Crippen LogP contribution in [0.5, 0.6) is 5.75 Å². The van der Waals surface area contributed by atoms with Gasteiger partial charge in [0, 0.05) is 19.7 Å². The normalized spacial score (nSPS) is 10.7. The first-order valence-electron chi connectivity index (χ1n) is 6.21.